The van der Waals surface area contributed by atoms with Crippen LogP contribution in [0.3, 0.4) is 0 Å². The van der Waals surface area contributed by atoms with Gasteiger partial charge in [-0.2, -0.15) is 0 Å². The molecule has 0 fully saturated rings. The lowest BCUT2D eigenvalue weighted by Crippen LogP contribution is -2.15. The molecule has 0 radical (unpaired) electrons. The van der Waals surface area contributed by atoms with E-state index in [2.05, 4.69) is 9.97 Å². The second-order valence-electron chi connectivity index (χ2n) is 3.14. The number of aliphatic hydroxyl groups is 1. The van der Waals surface area contributed by atoms with E-state index in [0.29, 0.717) is 5.82 Å². The number of imidazole rings is 1. The molecule has 0 bridgehead atoms. The van der Waals surface area contributed by atoms with Crippen LogP contribution >= 0.6 is 0 Å². The first-order chi connectivity index (χ1) is 6.74. The van der Waals surface area contributed by atoms with E-state index in [0.717, 1.165) is 11.0 Å². The number of aryl methyl sites for hydroxylation is 1. The normalized spacial score (nSPS) is 13.4. The number of aromatic nitrogens is 3. The molecule has 1 unspecified atom stereocenters. The number of rotatable bonds is 2. The average Bonchev–Trinajstić information content (AvgIpc) is 2.56. The maximum Gasteiger partial charge on any atom is 0.139 e. The summed E-state index contributed by atoms with van der Waals surface area (Å²) in [5.74, 6) is 0.579. The Bertz CT molecular complexity index is 451. The van der Waals surface area contributed by atoms with Crippen molar-refractivity contribution < 1.29 is 5.11 Å². The third-order valence-corrected chi connectivity index (χ3v) is 2.24. The van der Waals surface area contributed by atoms with E-state index in [1.54, 1.807) is 17.0 Å². The molecule has 2 rings (SSSR count). The average molecular weight is 192 g/mol. The Balaban J connectivity index is 2.62. The van der Waals surface area contributed by atoms with Crippen LogP contribution in [0.1, 0.15) is 11.9 Å². The van der Waals surface area contributed by atoms with Gasteiger partial charge in [-0.15, -0.1) is 0 Å². The van der Waals surface area contributed by atoms with Gasteiger partial charge in [-0.05, 0) is 6.07 Å². The topological polar surface area (TPSA) is 77.0 Å². The maximum absolute atomic E-state index is 9.58. The fraction of sp³-hybridized carbons (Fsp3) is 0.333. The van der Waals surface area contributed by atoms with Gasteiger partial charge in [0.1, 0.15) is 11.9 Å². The lowest BCUT2D eigenvalue weighted by atomic mass is 10.3. The van der Waals surface area contributed by atoms with E-state index in [1.807, 2.05) is 13.1 Å². The largest absolute Gasteiger partial charge is 0.384 e. The van der Waals surface area contributed by atoms with Crippen LogP contribution in [0.2, 0.25) is 0 Å². The van der Waals surface area contributed by atoms with Crippen molar-refractivity contribution in [3.05, 3.63) is 24.3 Å². The van der Waals surface area contributed by atoms with Crippen molar-refractivity contribution in [1.82, 2.24) is 14.5 Å². The molecule has 0 saturated carbocycles. The minimum Gasteiger partial charge on any atom is -0.384 e. The maximum atomic E-state index is 9.58. The van der Waals surface area contributed by atoms with Crippen LogP contribution in [0.4, 0.5) is 0 Å². The highest BCUT2D eigenvalue weighted by molar-refractivity contribution is 5.74. The van der Waals surface area contributed by atoms with Crippen molar-refractivity contribution >= 4 is 11.0 Å². The molecule has 0 aliphatic rings. The number of hydrogen-bond acceptors (Lipinski definition) is 4. The van der Waals surface area contributed by atoms with E-state index < -0.39 is 6.10 Å². The lowest BCUT2D eigenvalue weighted by molar-refractivity contribution is 0.174. The fourth-order valence-electron chi connectivity index (χ4n) is 1.46. The summed E-state index contributed by atoms with van der Waals surface area (Å²) in [5.41, 5.74) is 7.10. The second-order valence-corrected chi connectivity index (χ2v) is 3.14. The van der Waals surface area contributed by atoms with Gasteiger partial charge in [0.2, 0.25) is 0 Å². The molecule has 2 aromatic rings. The smallest absolute Gasteiger partial charge is 0.139 e. The van der Waals surface area contributed by atoms with Gasteiger partial charge in [0.05, 0.1) is 17.2 Å². The second kappa shape index (κ2) is 3.36. The molecule has 14 heavy (non-hydrogen) atoms. The van der Waals surface area contributed by atoms with Crippen molar-refractivity contribution in [3.8, 4) is 0 Å². The SMILES string of the molecule is Cn1c(C(O)CN)nc2ccncc21. The summed E-state index contributed by atoms with van der Waals surface area (Å²) >= 11 is 0. The Morgan fingerprint density at radius 2 is 2.43 bits per heavy atom. The first-order valence-corrected chi connectivity index (χ1v) is 4.38. The van der Waals surface area contributed by atoms with E-state index in [4.69, 9.17) is 5.73 Å². The molecule has 0 aliphatic heterocycles. The molecule has 3 N–H and O–H groups in total. The zero-order chi connectivity index (χ0) is 10.1. The van der Waals surface area contributed by atoms with Crippen LogP contribution in [0.5, 0.6) is 0 Å². The van der Waals surface area contributed by atoms with E-state index >= 15 is 0 Å². The summed E-state index contributed by atoms with van der Waals surface area (Å²) in [7, 11) is 1.84. The zero-order valence-electron chi connectivity index (χ0n) is 7.88. The highest BCUT2D eigenvalue weighted by atomic mass is 16.3. The number of fused-ring (bicyclic) bond motifs is 1. The number of hydrogen-bond donors (Lipinski definition) is 2. The van der Waals surface area contributed by atoms with Crippen molar-refractivity contribution in [2.75, 3.05) is 6.54 Å². The first-order valence-electron chi connectivity index (χ1n) is 4.38. The molecular weight excluding hydrogens is 180 g/mol. The highest BCUT2D eigenvalue weighted by Gasteiger charge is 2.13. The molecule has 0 saturated heterocycles. The van der Waals surface area contributed by atoms with Gasteiger partial charge < -0.3 is 15.4 Å². The van der Waals surface area contributed by atoms with Crippen molar-refractivity contribution in [1.29, 1.82) is 0 Å². The Kier molecular flexibility index (Phi) is 2.18. The Labute approximate surface area is 81.2 Å². The van der Waals surface area contributed by atoms with Gasteiger partial charge in [0, 0.05) is 19.8 Å². The third kappa shape index (κ3) is 1.26. The summed E-state index contributed by atoms with van der Waals surface area (Å²) in [4.78, 5) is 8.27. The number of aliphatic hydroxyl groups excluding tert-OH is 1. The molecule has 2 aromatic heterocycles. The van der Waals surface area contributed by atoms with Crippen LogP contribution in [0.25, 0.3) is 11.0 Å². The number of nitrogens with two attached hydrogens (primary N) is 1. The molecule has 0 amide bonds. The van der Waals surface area contributed by atoms with Crippen molar-refractivity contribution in [2.45, 2.75) is 6.10 Å². The van der Waals surface area contributed by atoms with Crippen LogP contribution in [0, 0.1) is 0 Å². The molecule has 5 heteroatoms. The highest BCUT2D eigenvalue weighted by Crippen LogP contribution is 2.17. The van der Waals surface area contributed by atoms with Crippen LogP contribution in [0.15, 0.2) is 18.5 Å². The Hall–Kier alpha value is -1.46. The predicted octanol–water partition coefficient (Wildman–Crippen LogP) is -0.0396. The Morgan fingerprint density at radius 3 is 3.07 bits per heavy atom. The summed E-state index contributed by atoms with van der Waals surface area (Å²) < 4.78 is 1.81. The molecule has 2 heterocycles. The van der Waals surface area contributed by atoms with Crippen molar-refractivity contribution in [2.24, 2.45) is 12.8 Å². The molecule has 1 atom stereocenters. The van der Waals surface area contributed by atoms with Gasteiger partial charge in [0.15, 0.2) is 0 Å². The van der Waals surface area contributed by atoms with Crippen LogP contribution < -0.4 is 5.73 Å². The van der Waals surface area contributed by atoms with Gasteiger partial charge in [-0.1, -0.05) is 0 Å². The lowest BCUT2D eigenvalue weighted by Gasteiger charge is -2.06. The third-order valence-electron chi connectivity index (χ3n) is 2.24. The first kappa shape index (κ1) is 9.11. The van der Waals surface area contributed by atoms with Gasteiger partial charge in [-0.25, -0.2) is 4.98 Å². The molecule has 5 nitrogen and oxygen atoms in total. The summed E-state index contributed by atoms with van der Waals surface area (Å²) in [6.45, 7) is 0.171. The standard InChI is InChI=1S/C9H12N4O/c1-13-7-5-11-3-2-6(7)12-9(13)8(14)4-10/h2-3,5,8,14H,4,10H2,1H3. The summed E-state index contributed by atoms with van der Waals surface area (Å²) in [5, 5.41) is 9.58. The molecular formula is C9H12N4O. The van der Waals surface area contributed by atoms with Gasteiger partial charge >= 0.3 is 0 Å². The number of pyridine rings is 1. The van der Waals surface area contributed by atoms with Gasteiger partial charge in [-0.3, -0.25) is 4.98 Å². The van der Waals surface area contributed by atoms with Gasteiger partial charge in [0.25, 0.3) is 0 Å². The molecule has 0 aromatic carbocycles. The Morgan fingerprint density at radius 1 is 1.64 bits per heavy atom. The number of nitrogens with zero attached hydrogens (tertiary/aromatic N) is 3. The van der Waals surface area contributed by atoms with E-state index in [9.17, 15) is 5.11 Å². The molecule has 74 valence electrons. The van der Waals surface area contributed by atoms with Crippen molar-refractivity contribution in [3.63, 3.8) is 0 Å². The minimum absolute atomic E-state index is 0.171. The predicted molar refractivity (Wildman–Crippen MR) is 52.5 cm³/mol. The van der Waals surface area contributed by atoms with E-state index in [1.165, 1.54) is 0 Å². The molecule has 0 aliphatic carbocycles. The van der Waals surface area contributed by atoms with Crippen LogP contribution in [-0.2, 0) is 7.05 Å². The van der Waals surface area contributed by atoms with Crippen LogP contribution in [-0.4, -0.2) is 26.2 Å². The minimum atomic E-state index is -0.715. The summed E-state index contributed by atoms with van der Waals surface area (Å²) in [6.07, 6.45) is 2.68. The quantitative estimate of drug-likeness (QED) is 0.700. The van der Waals surface area contributed by atoms with E-state index in [-0.39, 0.29) is 6.54 Å². The fourth-order valence-corrected chi connectivity index (χ4v) is 1.46. The zero-order valence-corrected chi connectivity index (χ0v) is 7.88. The molecule has 0 spiro atoms. The monoisotopic (exact) mass is 192 g/mol. The summed E-state index contributed by atoms with van der Waals surface area (Å²) in [6, 6.07) is 1.81.